The third kappa shape index (κ3) is 5.26. The number of thiocarbonyl (C=S) groups is 1. The number of amides is 1. The van der Waals surface area contributed by atoms with Gasteiger partial charge in [-0.3, -0.25) is 9.69 Å². The molecule has 5 nitrogen and oxygen atoms in total. The lowest BCUT2D eigenvalue weighted by molar-refractivity contribution is -0.122. The third-order valence-corrected chi connectivity index (χ3v) is 6.77. The highest BCUT2D eigenvalue weighted by Crippen LogP contribution is 2.35. The Kier molecular flexibility index (Phi) is 7.54. The van der Waals surface area contributed by atoms with Crippen molar-refractivity contribution >= 4 is 40.3 Å². The van der Waals surface area contributed by atoms with Gasteiger partial charge in [0.05, 0.1) is 17.2 Å². The van der Waals surface area contributed by atoms with Crippen LogP contribution in [0.4, 0.5) is 0 Å². The van der Waals surface area contributed by atoms with Gasteiger partial charge in [-0.15, -0.1) is 0 Å². The van der Waals surface area contributed by atoms with Crippen LogP contribution in [0.15, 0.2) is 59.6 Å². The van der Waals surface area contributed by atoms with E-state index in [4.69, 9.17) is 22.1 Å². The summed E-state index contributed by atoms with van der Waals surface area (Å²) in [6.07, 6.45) is 4.74. The van der Waals surface area contributed by atoms with Crippen molar-refractivity contribution in [2.24, 2.45) is 5.92 Å². The number of carbonyl (C=O) groups excluding carboxylic acids is 1. The van der Waals surface area contributed by atoms with Crippen molar-refractivity contribution in [3.05, 3.63) is 70.8 Å². The van der Waals surface area contributed by atoms with Gasteiger partial charge in [0.15, 0.2) is 0 Å². The molecule has 0 aliphatic carbocycles. The Hall–Kier alpha value is -2.90. The number of thioether (sulfide) groups is 1. The molecule has 0 N–H and O–H groups in total. The van der Waals surface area contributed by atoms with Gasteiger partial charge in [-0.25, -0.2) is 4.68 Å². The summed E-state index contributed by atoms with van der Waals surface area (Å²) in [5.41, 5.74) is 4.65. The van der Waals surface area contributed by atoms with E-state index in [1.165, 1.54) is 11.8 Å². The maximum absolute atomic E-state index is 13.0. The minimum absolute atomic E-state index is 0.0381. The first-order valence-corrected chi connectivity index (χ1v) is 12.7. The highest BCUT2D eigenvalue weighted by atomic mass is 32.2. The van der Waals surface area contributed by atoms with Gasteiger partial charge in [0.1, 0.15) is 15.8 Å². The lowest BCUT2D eigenvalue weighted by Gasteiger charge is -2.12. The summed E-state index contributed by atoms with van der Waals surface area (Å²) in [5, 5.41) is 4.90. The zero-order valence-electron chi connectivity index (χ0n) is 19.9. The van der Waals surface area contributed by atoms with Gasteiger partial charge in [-0.05, 0) is 61.2 Å². The normalized spacial score (nSPS) is 15.1. The number of para-hydroxylation sites is 1. The van der Waals surface area contributed by atoms with Crippen molar-refractivity contribution in [3.8, 4) is 22.7 Å². The van der Waals surface area contributed by atoms with E-state index in [1.807, 2.05) is 73.3 Å². The van der Waals surface area contributed by atoms with Crippen molar-refractivity contribution in [1.29, 1.82) is 0 Å². The summed E-state index contributed by atoms with van der Waals surface area (Å²) in [4.78, 5) is 15.3. The zero-order valence-corrected chi connectivity index (χ0v) is 21.6. The Morgan fingerprint density at radius 3 is 2.62 bits per heavy atom. The molecule has 1 saturated heterocycles. The fourth-order valence-electron chi connectivity index (χ4n) is 3.70. The number of nitrogens with zero attached hydrogens (tertiary/aromatic N) is 3. The first-order chi connectivity index (χ1) is 16.4. The molecule has 176 valence electrons. The van der Waals surface area contributed by atoms with Crippen molar-refractivity contribution < 1.29 is 9.53 Å². The maximum Gasteiger partial charge on any atom is 0.266 e. The van der Waals surface area contributed by atoms with Crippen LogP contribution in [0.3, 0.4) is 0 Å². The number of rotatable bonds is 8. The summed E-state index contributed by atoms with van der Waals surface area (Å²) >= 11 is 6.80. The molecule has 2 heterocycles. The molecule has 0 bridgehead atoms. The van der Waals surface area contributed by atoms with Crippen molar-refractivity contribution in [2.45, 2.75) is 34.1 Å². The molecule has 1 aromatic heterocycles. The van der Waals surface area contributed by atoms with Crippen LogP contribution < -0.4 is 4.74 Å². The Morgan fingerprint density at radius 2 is 1.94 bits per heavy atom. The second-order valence-electron chi connectivity index (χ2n) is 8.73. The third-order valence-electron chi connectivity index (χ3n) is 5.39. The molecular weight excluding hydrogens is 462 g/mol. The number of benzene rings is 2. The lowest BCUT2D eigenvalue weighted by Crippen LogP contribution is -2.28. The van der Waals surface area contributed by atoms with Gasteiger partial charge in [0, 0.05) is 23.9 Å². The van der Waals surface area contributed by atoms with Gasteiger partial charge in [0.2, 0.25) is 0 Å². The van der Waals surface area contributed by atoms with E-state index >= 15 is 0 Å². The number of hydrogen-bond donors (Lipinski definition) is 0. The Labute approximate surface area is 210 Å². The fraction of sp³-hybridized carbons (Fsp3) is 0.296. The largest absolute Gasteiger partial charge is 0.493 e. The van der Waals surface area contributed by atoms with Crippen LogP contribution in [0.1, 0.15) is 38.3 Å². The molecule has 1 amide bonds. The van der Waals surface area contributed by atoms with Gasteiger partial charge >= 0.3 is 0 Å². The van der Waals surface area contributed by atoms with E-state index in [1.54, 1.807) is 4.90 Å². The fourth-order valence-corrected chi connectivity index (χ4v) is 5.00. The van der Waals surface area contributed by atoms with Crippen LogP contribution in [0.2, 0.25) is 0 Å². The number of carbonyl (C=O) groups is 1. The van der Waals surface area contributed by atoms with E-state index < -0.39 is 0 Å². The predicted octanol–water partition coefficient (Wildman–Crippen LogP) is 6.49. The van der Waals surface area contributed by atoms with E-state index in [-0.39, 0.29) is 5.91 Å². The van der Waals surface area contributed by atoms with E-state index in [2.05, 4.69) is 19.9 Å². The first kappa shape index (κ1) is 24.2. The average molecular weight is 492 g/mol. The van der Waals surface area contributed by atoms with Crippen LogP contribution in [-0.2, 0) is 4.79 Å². The summed E-state index contributed by atoms with van der Waals surface area (Å²) < 4.78 is 8.42. The second-order valence-corrected chi connectivity index (χ2v) is 10.4. The molecule has 0 radical (unpaired) electrons. The molecule has 0 atom stereocenters. The summed E-state index contributed by atoms with van der Waals surface area (Å²) in [6, 6.07) is 16.1. The van der Waals surface area contributed by atoms with Crippen LogP contribution in [-0.4, -0.2) is 38.1 Å². The monoisotopic (exact) mass is 491 g/mol. The molecule has 1 fully saturated rings. The van der Waals surface area contributed by atoms with E-state index in [0.717, 1.165) is 40.2 Å². The minimum atomic E-state index is -0.0381. The number of aryl methyl sites for hydroxylation is 1. The van der Waals surface area contributed by atoms with Crippen molar-refractivity contribution in [2.75, 3.05) is 13.2 Å². The molecule has 3 aromatic rings. The summed E-state index contributed by atoms with van der Waals surface area (Å²) in [6.45, 7) is 9.66. The van der Waals surface area contributed by atoms with Crippen LogP contribution in [0.25, 0.3) is 23.0 Å². The SMILES string of the molecule is CCCN1C(=O)/C(=C/c2cn(-c3ccccc3)nc2-c2ccc(OCC(C)C)c(C)c2)SC1=S. The molecule has 0 unspecified atom stereocenters. The number of ether oxygens (including phenoxy) is 1. The van der Waals surface area contributed by atoms with Gasteiger partial charge in [-0.2, -0.15) is 5.10 Å². The Balaban J connectivity index is 1.75. The Bertz CT molecular complexity index is 1230. The van der Waals surface area contributed by atoms with E-state index in [0.29, 0.717) is 28.3 Å². The standard InChI is InChI=1S/C27H29N3O2S2/c1-5-13-29-26(31)24(34-27(29)33)15-21-16-30(22-9-7-6-8-10-22)28-25(21)20-11-12-23(19(4)14-20)32-17-18(2)3/h6-12,14-16,18H,5,13,17H2,1-4H3/b24-15-. The first-order valence-electron chi connectivity index (χ1n) is 11.5. The molecule has 4 rings (SSSR count). The quantitative estimate of drug-likeness (QED) is 0.266. The topological polar surface area (TPSA) is 47.4 Å². The van der Waals surface area contributed by atoms with E-state index in [9.17, 15) is 4.79 Å². The highest BCUT2D eigenvalue weighted by molar-refractivity contribution is 8.26. The summed E-state index contributed by atoms with van der Waals surface area (Å²) in [7, 11) is 0. The van der Waals surface area contributed by atoms with Crippen LogP contribution >= 0.6 is 24.0 Å². The van der Waals surface area contributed by atoms with Crippen molar-refractivity contribution in [3.63, 3.8) is 0 Å². The predicted molar refractivity (Wildman–Crippen MR) is 144 cm³/mol. The highest BCUT2D eigenvalue weighted by Gasteiger charge is 2.31. The molecule has 2 aromatic carbocycles. The minimum Gasteiger partial charge on any atom is -0.493 e. The molecule has 34 heavy (non-hydrogen) atoms. The van der Waals surface area contributed by atoms with Crippen molar-refractivity contribution in [1.82, 2.24) is 14.7 Å². The van der Waals surface area contributed by atoms with Crippen LogP contribution in [0.5, 0.6) is 5.75 Å². The lowest BCUT2D eigenvalue weighted by atomic mass is 10.0. The molecule has 0 spiro atoms. The molecule has 1 aliphatic heterocycles. The molecular formula is C27H29N3O2S2. The van der Waals surface area contributed by atoms with Crippen LogP contribution in [0, 0.1) is 12.8 Å². The molecule has 0 saturated carbocycles. The number of aromatic nitrogens is 2. The zero-order chi connectivity index (χ0) is 24.2. The van der Waals surface area contributed by atoms with Gasteiger partial charge in [-0.1, -0.05) is 63.0 Å². The van der Waals surface area contributed by atoms with Gasteiger partial charge < -0.3 is 4.74 Å². The smallest absolute Gasteiger partial charge is 0.266 e. The Morgan fingerprint density at radius 1 is 1.18 bits per heavy atom. The second kappa shape index (κ2) is 10.6. The molecule has 1 aliphatic rings. The molecule has 7 heteroatoms. The maximum atomic E-state index is 13.0. The summed E-state index contributed by atoms with van der Waals surface area (Å²) in [5.74, 6) is 1.30. The average Bonchev–Trinajstić information content (AvgIpc) is 3.35. The van der Waals surface area contributed by atoms with Gasteiger partial charge in [0.25, 0.3) is 5.91 Å². The number of hydrogen-bond acceptors (Lipinski definition) is 5.